The van der Waals surface area contributed by atoms with Gasteiger partial charge in [-0.1, -0.05) is 0 Å². The molecule has 0 rings (SSSR count). The van der Waals surface area contributed by atoms with Crippen LogP contribution in [0.4, 0.5) is 0 Å². The van der Waals surface area contributed by atoms with Gasteiger partial charge in [-0.25, -0.2) is 0 Å². The summed E-state index contributed by atoms with van der Waals surface area (Å²) in [6.07, 6.45) is 0.123. The Morgan fingerprint density at radius 3 is 2.88 bits per heavy atom. The molecule has 0 saturated heterocycles. The van der Waals surface area contributed by atoms with Gasteiger partial charge in [-0.15, -0.1) is 0 Å². The van der Waals surface area contributed by atoms with Crippen molar-refractivity contribution in [3.8, 4) is 0 Å². The fourth-order valence-corrected chi connectivity index (χ4v) is 0.438. The fraction of sp³-hybridized carbons (Fsp3) is 1.00. The first kappa shape index (κ1) is 7.95. The van der Waals surface area contributed by atoms with Crippen molar-refractivity contribution in [2.24, 2.45) is 0 Å². The molecule has 1 unspecified atom stereocenters. The Labute approximate surface area is 52.3 Å². The van der Waals surface area contributed by atoms with Gasteiger partial charge in [0.05, 0.1) is 0 Å². The molecule has 0 bridgehead atoms. The molecule has 42 valence electrons. The number of rotatable bonds is 4. The Kier molecular flexibility index (Phi) is 5.07. The van der Waals surface area contributed by atoms with Crippen molar-refractivity contribution >= 4 is 22.4 Å². The van der Waals surface area contributed by atoms with E-state index in [-0.39, 0.29) is 6.10 Å². The van der Waals surface area contributed by atoms with Crippen molar-refractivity contribution < 1.29 is 9.31 Å². The number of hydrogen-bond acceptors (Lipinski definition) is 2. The summed E-state index contributed by atoms with van der Waals surface area (Å²) >= 11 is 0. The van der Waals surface area contributed by atoms with Crippen LogP contribution in [0.25, 0.3) is 0 Å². The summed E-state index contributed by atoms with van der Waals surface area (Å²) in [5.41, 5.74) is 0. The molecule has 0 aliphatic rings. The summed E-state index contributed by atoms with van der Waals surface area (Å²) in [6.45, 7) is 2.54. The van der Waals surface area contributed by atoms with Crippen molar-refractivity contribution in [3.63, 3.8) is 0 Å². The Balaban J connectivity index is 3.03. The van der Waals surface area contributed by atoms with Gasteiger partial charge in [0.15, 0.2) is 0 Å². The van der Waals surface area contributed by atoms with E-state index in [1.807, 2.05) is 6.92 Å². The van der Waals surface area contributed by atoms with Gasteiger partial charge >= 0.3 is 51.4 Å². The van der Waals surface area contributed by atoms with E-state index in [1.165, 1.54) is 7.00 Å². The molecule has 0 saturated carbocycles. The minimum absolute atomic E-state index is 0.123. The van der Waals surface area contributed by atoms with Crippen molar-refractivity contribution in [2.75, 3.05) is 6.61 Å². The molecule has 8 heavy (non-hydrogen) atoms. The monoisotopic (exact) mass is 110 g/mol. The van der Waals surface area contributed by atoms with E-state index < -0.39 is 0 Å². The van der Waals surface area contributed by atoms with E-state index in [9.17, 15) is 0 Å². The normalized spacial score (nSPS) is 12.0. The zero-order valence-electron chi connectivity index (χ0n) is 5.39. The Morgan fingerprint density at radius 2 is 2.50 bits per heavy atom. The third kappa shape index (κ3) is 4.12. The molecule has 5 heteroatoms. The molecule has 0 radical (unpaired) electrons. The second-order valence-corrected chi connectivity index (χ2v) is 1.57. The first-order chi connectivity index (χ1) is 3.81. The van der Waals surface area contributed by atoms with Crippen molar-refractivity contribution in [1.29, 1.82) is 0 Å². The van der Waals surface area contributed by atoms with Gasteiger partial charge < -0.3 is 0 Å². The van der Waals surface area contributed by atoms with E-state index in [0.717, 1.165) is 0 Å². The van der Waals surface area contributed by atoms with Crippen molar-refractivity contribution in [3.05, 3.63) is 0 Å². The second kappa shape index (κ2) is 5.10. The van der Waals surface area contributed by atoms with E-state index in [0.29, 0.717) is 6.61 Å². The third-order valence-electron chi connectivity index (χ3n) is 0.730. The first-order valence-electron chi connectivity index (χ1n) is 2.56. The molecular formula is C3H9B3O2. The van der Waals surface area contributed by atoms with E-state index in [1.54, 1.807) is 8.05 Å². The van der Waals surface area contributed by atoms with Crippen molar-refractivity contribution in [2.45, 2.75) is 13.0 Å². The summed E-state index contributed by atoms with van der Waals surface area (Å²) in [5.74, 6) is 0. The Hall–Kier alpha value is -0.0452. The van der Waals surface area contributed by atoms with Crippen molar-refractivity contribution in [1.82, 2.24) is 0 Å². The SMILES string of the molecule is B=BOC(C)COB. The molecule has 0 fully saturated rings. The van der Waals surface area contributed by atoms with Gasteiger partial charge in [-0.05, 0) is 0 Å². The van der Waals surface area contributed by atoms with Crippen LogP contribution >= 0.6 is 0 Å². The molecule has 0 aliphatic carbocycles. The molecule has 0 spiro atoms. The summed E-state index contributed by atoms with van der Waals surface area (Å²) in [6, 6.07) is 0. The van der Waals surface area contributed by atoms with E-state index in [4.69, 9.17) is 9.31 Å². The topological polar surface area (TPSA) is 18.5 Å². The van der Waals surface area contributed by atoms with Gasteiger partial charge in [-0.3, -0.25) is 0 Å². The minimum atomic E-state index is 0.123. The van der Waals surface area contributed by atoms with Gasteiger partial charge in [0.1, 0.15) is 0 Å². The molecule has 0 aromatic carbocycles. The molecule has 2 nitrogen and oxygen atoms in total. The van der Waals surface area contributed by atoms with Crippen LogP contribution in [0.2, 0.25) is 0 Å². The summed E-state index contributed by atoms with van der Waals surface area (Å²) in [7, 11) is 6.47. The predicted molar refractivity (Wildman–Crippen MR) is 37.9 cm³/mol. The maximum absolute atomic E-state index is 4.92. The molecule has 0 aromatic rings. The van der Waals surface area contributed by atoms with Crippen LogP contribution in [0.1, 0.15) is 6.92 Å². The second-order valence-electron chi connectivity index (χ2n) is 1.57. The molecule has 0 aliphatic heterocycles. The van der Waals surface area contributed by atoms with Crippen LogP contribution in [0.5, 0.6) is 0 Å². The Morgan fingerprint density at radius 1 is 1.88 bits per heavy atom. The maximum atomic E-state index is 4.92. The molecule has 1 atom stereocenters. The molecular weight excluding hydrogens is 100 g/mol. The third-order valence-corrected chi connectivity index (χ3v) is 0.730. The van der Waals surface area contributed by atoms with Crippen LogP contribution in [0.3, 0.4) is 0 Å². The summed E-state index contributed by atoms with van der Waals surface area (Å²) < 4.78 is 9.70. The Bertz CT molecular complexity index is 67.5. The van der Waals surface area contributed by atoms with Gasteiger partial charge in [-0.2, -0.15) is 0 Å². The standard InChI is InChI=1S/C3H9B3O2/c1-3(2-7-5)8-6-4/h3-4H,2,5H2,1H3. The van der Waals surface area contributed by atoms with E-state index >= 15 is 0 Å². The average molecular weight is 110 g/mol. The van der Waals surface area contributed by atoms with Crippen LogP contribution in [0, 0.1) is 0 Å². The van der Waals surface area contributed by atoms with Gasteiger partial charge in [0.25, 0.3) is 0 Å². The number of hydrogen-bond donors (Lipinski definition) is 0. The first-order valence-corrected chi connectivity index (χ1v) is 2.56. The predicted octanol–water partition coefficient (Wildman–Crippen LogP) is -1.61. The molecule has 0 N–H and O–H groups in total. The quantitative estimate of drug-likeness (QED) is 0.405. The molecule has 0 heterocycles. The van der Waals surface area contributed by atoms with Gasteiger partial charge in [0, 0.05) is 0 Å². The fourth-order valence-electron chi connectivity index (χ4n) is 0.438. The van der Waals surface area contributed by atoms with Crippen LogP contribution in [0.15, 0.2) is 0 Å². The van der Waals surface area contributed by atoms with Crippen LogP contribution in [-0.4, -0.2) is 35.1 Å². The van der Waals surface area contributed by atoms with Crippen LogP contribution in [-0.2, 0) is 9.31 Å². The average Bonchev–Trinajstić information content (AvgIpc) is 1.68. The summed E-state index contributed by atoms with van der Waals surface area (Å²) in [5, 5.41) is 0. The molecule has 0 aromatic heterocycles. The summed E-state index contributed by atoms with van der Waals surface area (Å²) in [4.78, 5) is 0. The zero-order valence-corrected chi connectivity index (χ0v) is 5.39. The van der Waals surface area contributed by atoms with Gasteiger partial charge in [0.2, 0.25) is 0 Å². The van der Waals surface area contributed by atoms with E-state index in [2.05, 4.69) is 7.37 Å². The molecule has 0 amide bonds. The van der Waals surface area contributed by atoms with Crippen LogP contribution < -0.4 is 0 Å². The zero-order chi connectivity index (χ0) is 6.41.